The molecule has 102 valence electrons. The summed E-state index contributed by atoms with van der Waals surface area (Å²) >= 11 is 0. The quantitative estimate of drug-likeness (QED) is 0.912. The predicted octanol–water partition coefficient (Wildman–Crippen LogP) is 1.94. The smallest absolute Gasteiger partial charge is 0.337 e. The highest BCUT2D eigenvalue weighted by Gasteiger charge is 2.31. The first-order valence-corrected chi connectivity index (χ1v) is 7.31. The summed E-state index contributed by atoms with van der Waals surface area (Å²) in [5, 5.41) is 10.2. The molecule has 1 heterocycles. The first-order valence-electron chi connectivity index (χ1n) is 5.77. The highest BCUT2D eigenvalue weighted by atomic mass is 32.2. The minimum atomic E-state index is -3.70. The fraction of sp³-hybridized carbons (Fsp3) is 0.308. The van der Waals surface area contributed by atoms with Crippen LogP contribution >= 0.6 is 0 Å². The number of aromatic carboxylic acids is 1. The minimum absolute atomic E-state index is 0.0321. The van der Waals surface area contributed by atoms with Crippen molar-refractivity contribution in [2.75, 3.05) is 6.61 Å². The zero-order chi connectivity index (χ0) is 14.2. The molecule has 0 saturated heterocycles. The molecule has 0 radical (unpaired) electrons. The third kappa shape index (κ3) is 2.54. The second-order valence-corrected chi connectivity index (χ2v) is 6.27. The summed E-state index contributed by atoms with van der Waals surface area (Å²) in [6, 6.07) is 4.42. The van der Waals surface area contributed by atoms with Crippen LogP contribution in [0.4, 0.5) is 0 Å². The number of benzene rings is 1. The van der Waals surface area contributed by atoms with Gasteiger partial charge in [-0.25, -0.2) is 13.2 Å². The lowest BCUT2D eigenvalue weighted by Gasteiger charge is -2.09. The Morgan fingerprint density at radius 3 is 2.63 bits per heavy atom. The van der Waals surface area contributed by atoms with Crippen molar-refractivity contribution in [2.45, 2.75) is 24.8 Å². The molecule has 0 saturated carbocycles. The topological polar surface area (TPSA) is 80.7 Å². The van der Waals surface area contributed by atoms with Crippen molar-refractivity contribution in [3.8, 4) is 0 Å². The molecular weight excluding hydrogens is 268 g/mol. The highest BCUT2D eigenvalue weighted by molar-refractivity contribution is 7.95. The lowest BCUT2D eigenvalue weighted by molar-refractivity contribution is 0.0692. The molecule has 0 bridgehead atoms. The zero-order valence-corrected chi connectivity index (χ0v) is 11.4. The van der Waals surface area contributed by atoms with E-state index in [9.17, 15) is 13.2 Å². The summed E-state index contributed by atoms with van der Waals surface area (Å²) < 4.78 is 29.5. The van der Waals surface area contributed by atoms with Crippen LogP contribution in [0.25, 0.3) is 5.57 Å². The minimum Gasteiger partial charge on any atom is -0.478 e. The molecule has 1 aliphatic heterocycles. The molecule has 19 heavy (non-hydrogen) atoms. The third-order valence-corrected chi connectivity index (χ3v) is 4.35. The summed E-state index contributed by atoms with van der Waals surface area (Å²) in [5.74, 6) is -1.25. The van der Waals surface area contributed by atoms with E-state index in [0.29, 0.717) is 11.1 Å². The van der Waals surface area contributed by atoms with Gasteiger partial charge >= 0.3 is 5.97 Å². The molecule has 1 aliphatic rings. The Hall–Kier alpha value is -1.66. The number of hydrogen-bond donors (Lipinski definition) is 1. The summed E-state index contributed by atoms with van der Waals surface area (Å²) in [6.07, 6.45) is -0.0321. The van der Waals surface area contributed by atoms with Gasteiger partial charge in [0.15, 0.2) is 0 Å². The molecule has 6 heteroatoms. The van der Waals surface area contributed by atoms with Gasteiger partial charge in [0.05, 0.1) is 23.2 Å². The van der Waals surface area contributed by atoms with Gasteiger partial charge in [-0.05, 0) is 25.5 Å². The Balaban J connectivity index is 2.52. The number of rotatable bonds is 4. The molecule has 0 fully saturated rings. The number of carbonyl (C=O) groups is 1. The van der Waals surface area contributed by atoms with Crippen molar-refractivity contribution in [1.82, 2.24) is 0 Å². The van der Waals surface area contributed by atoms with E-state index in [1.807, 2.05) is 13.8 Å². The molecule has 0 unspecified atom stereocenters. The summed E-state index contributed by atoms with van der Waals surface area (Å²) in [7, 11) is -3.70. The third-order valence-electron chi connectivity index (χ3n) is 2.75. The SMILES string of the molecule is CC(C)OCC1=CS(=O)(=O)c2c(C(=O)O)cccc21. The molecule has 0 atom stereocenters. The van der Waals surface area contributed by atoms with Gasteiger partial charge in [-0.15, -0.1) is 0 Å². The lowest BCUT2D eigenvalue weighted by Crippen LogP contribution is -2.07. The van der Waals surface area contributed by atoms with Crippen molar-refractivity contribution < 1.29 is 23.1 Å². The molecule has 0 aliphatic carbocycles. The number of sulfone groups is 1. The van der Waals surface area contributed by atoms with Gasteiger partial charge in [0.2, 0.25) is 9.84 Å². The van der Waals surface area contributed by atoms with Crippen molar-refractivity contribution >= 4 is 21.4 Å². The first-order chi connectivity index (χ1) is 8.83. The molecule has 1 N–H and O–H groups in total. The monoisotopic (exact) mass is 282 g/mol. The zero-order valence-electron chi connectivity index (χ0n) is 10.6. The van der Waals surface area contributed by atoms with Gasteiger partial charge in [0, 0.05) is 11.0 Å². The highest BCUT2D eigenvalue weighted by Crippen LogP contribution is 2.36. The number of fused-ring (bicyclic) bond motifs is 1. The number of hydrogen-bond acceptors (Lipinski definition) is 4. The van der Waals surface area contributed by atoms with Crippen molar-refractivity contribution in [2.24, 2.45) is 0 Å². The Bertz CT molecular complexity index is 656. The second-order valence-electron chi connectivity index (χ2n) is 4.54. The van der Waals surface area contributed by atoms with Crippen LogP contribution in [0.2, 0.25) is 0 Å². The maximum absolute atomic E-state index is 12.0. The Morgan fingerprint density at radius 2 is 2.05 bits per heavy atom. The van der Waals surface area contributed by atoms with Crippen LogP contribution in [0.1, 0.15) is 29.8 Å². The van der Waals surface area contributed by atoms with Crippen LogP contribution in [-0.2, 0) is 14.6 Å². The number of carboxylic acids is 1. The van der Waals surface area contributed by atoms with Gasteiger partial charge < -0.3 is 9.84 Å². The summed E-state index contributed by atoms with van der Waals surface area (Å²) in [5.41, 5.74) is 0.709. The van der Waals surface area contributed by atoms with E-state index in [0.717, 1.165) is 5.41 Å². The standard InChI is InChI=1S/C13H14O5S/c1-8(2)18-6-9-7-19(16,17)12-10(9)4-3-5-11(12)13(14)15/h3-5,7-8H,6H2,1-2H3,(H,14,15). The first kappa shape index (κ1) is 13.8. The van der Waals surface area contributed by atoms with Crippen molar-refractivity contribution in [1.29, 1.82) is 0 Å². The van der Waals surface area contributed by atoms with E-state index < -0.39 is 15.8 Å². The normalized spacial score (nSPS) is 16.3. The van der Waals surface area contributed by atoms with Crippen LogP contribution < -0.4 is 0 Å². The van der Waals surface area contributed by atoms with Crippen LogP contribution in [0, 0.1) is 0 Å². The fourth-order valence-electron chi connectivity index (χ4n) is 1.94. The summed E-state index contributed by atoms with van der Waals surface area (Å²) in [6.45, 7) is 3.84. The average molecular weight is 282 g/mol. The predicted molar refractivity (Wildman–Crippen MR) is 69.7 cm³/mol. The molecule has 1 aromatic rings. The van der Waals surface area contributed by atoms with Crippen molar-refractivity contribution in [3.05, 3.63) is 34.7 Å². The van der Waals surface area contributed by atoms with E-state index in [1.165, 1.54) is 12.1 Å². The average Bonchev–Trinajstić information content (AvgIpc) is 2.58. The van der Waals surface area contributed by atoms with Crippen LogP contribution in [0.15, 0.2) is 28.5 Å². The van der Waals surface area contributed by atoms with Gasteiger partial charge in [0.1, 0.15) is 0 Å². The van der Waals surface area contributed by atoms with Crippen molar-refractivity contribution in [3.63, 3.8) is 0 Å². The van der Waals surface area contributed by atoms with Gasteiger partial charge in [-0.1, -0.05) is 12.1 Å². The van der Waals surface area contributed by atoms with E-state index in [4.69, 9.17) is 9.84 Å². The molecule has 0 amide bonds. The molecular formula is C13H14O5S. The van der Waals surface area contributed by atoms with Gasteiger partial charge in [0.25, 0.3) is 0 Å². The summed E-state index contributed by atoms with van der Waals surface area (Å²) in [4.78, 5) is 11.0. The second kappa shape index (κ2) is 4.79. The Kier molecular flexibility index (Phi) is 3.47. The Labute approximate surface area is 111 Å². The number of carboxylic acid groups (broad SMARTS) is 1. The van der Waals surface area contributed by atoms with E-state index in [2.05, 4.69) is 0 Å². The van der Waals surface area contributed by atoms with E-state index in [1.54, 1.807) is 6.07 Å². The molecule has 5 nitrogen and oxygen atoms in total. The molecule has 1 aromatic carbocycles. The van der Waals surface area contributed by atoms with Crippen LogP contribution in [-0.4, -0.2) is 32.2 Å². The molecule has 0 spiro atoms. The van der Waals surface area contributed by atoms with Gasteiger partial charge in [-0.2, -0.15) is 0 Å². The lowest BCUT2D eigenvalue weighted by atomic mass is 10.1. The number of ether oxygens (including phenoxy) is 1. The largest absolute Gasteiger partial charge is 0.478 e. The maximum Gasteiger partial charge on any atom is 0.337 e. The van der Waals surface area contributed by atoms with Crippen LogP contribution in [0.5, 0.6) is 0 Å². The molecule has 2 rings (SSSR count). The van der Waals surface area contributed by atoms with E-state index >= 15 is 0 Å². The van der Waals surface area contributed by atoms with E-state index in [-0.39, 0.29) is 23.2 Å². The van der Waals surface area contributed by atoms with Gasteiger partial charge in [-0.3, -0.25) is 0 Å². The Morgan fingerprint density at radius 1 is 1.37 bits per heavy atom. The fourth-order valence-corrected chi connectivity index (χ4v) is 3.60. The van der Waals surface area contributed by atoms with Crippen LogP contribution in [0.3, 0.4) is 0 Å². The molecule has 0 aromatic heterocycles. The maximum atomic E-state index is 12.0.